The molecule has 1 rings (SSSR count). The fourth-order valence-corrected chi connectivity index (χ4v) is 4.73. The highest BCUT2D eigenvalue weighted by Crippen LogP contribution is 2.36. The zero-order chi connectivity index (χ0) is 21.9. The van der Waals surface area contributed by atoms with Crippen LogP contribution in [-0.4, -0.2) is 8.42 Å². The van der Waals surface area contributed by atoms with Crippen molar-refractivity contribution >= 4 is 9.84 Å². The molecule has 29 heavy (non-hydrogen) atoms. The maximum Gasteiger partial charge on any atom is 0.202 e. The third kappa shape index (κ3) is 7.62. The molecule has 1 unspecified atom stereocenters. The monoisotopic (exact) mass is 416 g/mol. The third-order valence-corrected chi connectivity index (χ3v) is 8.31. The minimum atomic E-state index is -3.43. The fraction of sp³-hybridized carbons (Fsp3) is 0.538. The van der Waals surface area contributed by atoms with Crippen LogP contribution in [0.15, 0.2) is 70.0 Å². The van der Waals surface area contributed by atoms with E-state index in [1.165, 1.54) is 12.0 Å². The minimum absolute atomic E-state index is 0.0933. The van der Waals surface area contributed by atoms with Gasteiger partial charge in [0.05, 0.1) is 4.90 Å². The van der Waals surface area contributed by atoms with Gasteiger partial charge in [0.1, 0.15) is 0 Å². The summed E-state index contributed by atoms with van der Waals surface area (Å²) in [5.41, 5.74) is 1.37. The lowest BCUT2D eigenvalue weighted by Crippen LogP contribution is -2.17. The van der Waals surface area contributed by atoms with Gasteiger partial charge in [0.15, 0.2) is 0 Å². The molecule has 0 saturated heterocycles. The number of sulfone groups is 1. The van der Waals surface area contributed by atoms with Crippen LogP contribution >= 0.6 is 0 Å². The van der Waals surface area contributed by atoms with Crippen LogP contribution in [0, 0.1) is 11.3 Å². The highest BCUT2D eigenvalue weighted by atomic mass is 32.2. The summed E-state index contributed by atoms with van der Waals surface area (Å²) in [6.07, 6.45) is 14.5. The van der Waals surface area contributed by atoms with Crippen LogP contribution in [0.5, 0.6) is 0 Å². The summed E-state index contributed by atoms with van der Waals surface area (Å²) in [5.74, 6) is 0.747. The molecule has 0 aliphatic heterocycles. The van der Waals surface area contributed by atoms with Gasteiger partial charge in [-0.15, -0.1) is 0 Å². The molecule has 2 nitrogen and oxygen atoms in total. The zero-order valence-corrected chi connectivity index (χ0v) is 20.1. The molecule has 0 aliphatic carbocycles. The molecule has 2 atom stereocenters. The molecule has 0 aliphatic rings. The Labute approximate surface area is 179 Å². The SMILES string of the molecule is C/C=C(/C/C=C(\C)[C@](C)(CC)CC/C=C\CC(C)CC)S(=O)(=O)c1ccccc1. The van der Waals surface area contributed by atoms with E-state index in [4.69, 9.17) is 0 Å². The molecule has 0 amide bonds. The Kier molecular flexibility index (Phi) is 10.7. The Morgan fingerprint density at radius 3 is 2.34 bits per heavy atom. The van der Waals surface area contributed by atoms with Gasteiger partial charge >= 0.3 is 0 Å². The van der Waals surface area contributed by atoms with Gasteiger partial charge in [-0.25, -0.2) is 8.42 Å². The van der Waals surface area contributed by atoms with Gasteiger partial charge in [-0.3, -0.25) is 0 Å². The first-order chi connectivity index (χ1) is 13.7. The van der Waals surface area contributed by atoms with Gasteiger partial charge in [-0.05, 0) is 63.0 Å². The fourth-order valence-electron chi connectivity index (χ4n) is 3.30. The van der Waals surface area contributed by atoms with E-state index in [-0.39, 0.29) is 5.41 Å². The quantitative estimate of drug-likeness (QED) is 0.325. The summed E-state index contributed by atoms with van der Waals surface area (Å²) in [7, 11) is -3.43. The number of allylic oxidation sites excluding steroid dienone is 6. The Hall–Kier alpha value is -1.61. The highest BCUT2D eigenvalue weighted by Gasteiger charge is 2.24. The van der Waals surface area contributed by atoms with Gasteiger partial charge in [-0.1, -0.05) is 82.2 Å². The highest BCUT2D eigenvalue weighted by molar-refractivity contribution is 7.95. The summed E-state index contributed by atoms with van der Waals surface area (Å²) >= 11 is 0. The Morgan fingerprint density at radius 1 is 1.14 bits per heavy atom. The second-order valence-corrected chi connectivity index (χ2v) is 10.3. The second kappa shape index (κ2) is 12.2. The van der Waals surface area contributed by atoms with E-state index in [1.807, 2.05) is 6.07 Å². The van der Waals surface area contributed by atoms with Gasteiger partial charge in [0.25, 0.3) is 0 Å². The predicted molar refractivity (Wildman–Crippen MR) is 127 cm³/mol. The smallest absolute Gasteiger partial charge is 0.202 e. The van der Waals surface area contributed by atoms with E-state index < -0.39 is 9.84 Å². The van der Waals surface area contributed by atoms with Gasteiger partial charge in [0, 0.05) is 11.3 Å². The van der Waals surface area contributed by atoms with Crippen LogP contribution in [0.4, 0.5) is 0 Å². The molecule has 0 saturated carbocycles. The molecule has 0 bridgehead atoms. The number of hydrogen-bond donors (Lipinski definition) is 0. The third-order valence-electron chi connectivity index (χ3n) is 6.33. The Balaban J connectivity index is 2.83. The number of rotatable bonds is 12. The lowest BCUT2D eigenvalue weighted by Gasteiger charge is -2.29. The lowest BCUT2D eigenvalue weighted by molar-refractivity contribution is 0.353. The van der Waals surface area contributed by atoms with Crippen LogP contribution in [-0.2, 0) is 9.84 Å². The van der Waals surface area contributed by atoms with Crippen molar-refractivity contribution in [3.05, 3.63) is 65.1 Å². The molecule has 0 N–H and O–H groups in total. The minimum Gasteiger partial charge on any atom is -0.219 e. The summed E-state index contributed by atoms with van der Waals surface area (Å²) in [4.78, 5) is 0.832. The average molecular weight is 417 g/mol. The summed E-state index contributed by atoms with van der Waals surface area (Å²) in [5, 5.41) is 0. The standard InChI is InChI=1S/C26H40O2S/c1-7-22(4)16-12-11-15-21-26(6,9-3)23(5)19-20-24(8-2)29(27,28)25-17-13-10-14-18-25/h8,10-14,17-19,22H,7,9,15-16,20-21H2,1-6H3/b12-11-,23-19+,24-8-/t22?,26-/m1/s1. The van der Waals surface area contributed by atoms with E-state index in [9.17, 15) is 8.42 Å². The molecule has 0 radical (unpaired) electrons. The van der Waals surface area contributed by atoms with Crippen molar-refractivity contribution in [3.63, 3.8) is 0 Å². The maximum absolute atomic E-state index is 12.9. The lowest BCUT2D eigenvalue weighted by atomic mass is 9.76. The summed E-state index contributed by atoms with van der Waals surface area (Å²) in [6, 6.07) is 8.70. The van der Waals surface area contributed by atoms with E-state index in [0.717, 1.165) is 31.6 Å². The molecule has 162 valence electrons. The second-order valence-electron chi connectivity index (χ2n) is 8.34. The molecule has 1 aromatic carbocycles. The van der Waals surface area contributed by atoms with Crippen LogP contribution in [0.1, 0.15) is 80.1 Å². The van der Waals surface area contributed by atoms with Crippen molar-refractivity contribution < 1.29 is 8.42 Å². The summed E-state index contributed by atoms with van der Waals surface area (Å²) < 4.78 is 25.8. The first-order valence-electron chi connectivity index (χ1n) is 11.0. The first-order valence-corrected chi connectivity index (χ1v) is 12.5. The molecule has 0 heterocycles. The molecule has 0 spiro atoms. The van der Waals surface area contributed by atoms with Crippen LogP contribution in [0.2, 0.25) is 0 Å². The van der Waals surface area contributed by atoms with Crippen LogP contribution < -0.4 is 0 Å². The van der Waals surface area contributed by atoms with Gasteiger partial charge in [0.2, 0.25) is 9.84 Å². The molecule has 0 aromatic heterocycles. The molecule has 0 fully saturated rings. The van der Waals surface area contributed by atoms with Crippen LogP contribution in [0.25, 0.3) is 0 Å². The zero-order valence-electron chi connectivity index (χ0n) is 19.2. The van der Waals surface area contributed by atoms with Crippen molar-refractivity contribution in [3.8, 4) is 0 Å². The first kappa shape index (κ1) is 25.4. The predicted octanol–water partition coefficient (Wildman–Crippen LogP) is 7.89. The topological polar surface area (TPSA) is 34.1 Å². The average Bonchev–Trinajstić information content (AvgIpc) is 2.73. The van der Waals surface area contributed by atoms with Crippen molar-refractivity contribution in [2.45, 2.75) is 85.0 Å². The number of hydrogen-bond acceptors (Lipinski definition) is 2. The molecular weight excluding hydrogens is 376 g/mol. The Bertz CT molecular complexity index is 800. The van der Waals surface area contributed by atoms with E-state index in [1.54, 1.807) is 37.3 Å². The van der Waals surface area contributed by atoms with Crippen molar-refractivity contribution in [2.75, 3.05) is 0 Å². The van der Waals surface area contributed by atoms with Crippen molar-refractivity contribution in [1.29, 1.82) is 0 Å². The Morgan fingerprint density at radius 2 is 1.79 bits per heavy atom. The van der Waals surface area contributed by atoms with Crippen molar-refractivity contribution in [2.24, 2.45) is 11.3 Å². The molecule has 1 aromatic rings. The van der Waals surface area contributed by atoms with Crippen molar-refractivity contribution in [1.82, 2.24) is 0 Å². The van der Waals surface area contributed by atoms with E-state index in [2.05, 4.69) is 52.8 Å². The van der Waals surface area contributed by atoms with Gasteiger partial charge in [-0.2, -0.15) is 0 Å². The normalized spacial score (nSPS) is 16.8. The largest absolute Gasteiger partial charge is 0.219 e. The van der Waals surface area contributed by atoms with E-state index in [0.29, 0.717) is 16.2 Å². The summed E-state index contributed by atoms with van der Waals surface area (Å²) in [6.45, 7) is 13.0. The van der Waals surface area contributed by atoms with Gasteiger partial charge < -0.3 is 0 Å². The van der Waals surface area contributed by atoms with E-state index >= 15 is 0 Å². The number of benzene rings is 1. The molecular formula is C26H40O2S. The maximum atomic E-state index is 12.9. The molecule has 3 heteroatoms. The van der Waals surface area contributed by atoms with Crippen LogP contribution in [0.3, 0.4) is 0 Å².